The van der Waals surface area contributed by atoms with Gasteiger partial charge in [-0.2, -0.15) is 0 Å². The maximum absolute atomic E-state index is 13.1. The van der Waals surface area contributed by atoms with E-state index in [1.165, 1.54) is 6.07 Å². The monoisotopic (exact) mass is 168 g/mol. The molecule has 0 heterocycles. The van der Waals surface area contributed by atoms with E-state index in [1.807, 2.05) is 0 Å². The number of benzene rings is 1. The first-order valence-electron chi connectivity index (χ1n) is 3.91. The average molecular weight is 168 g/mol. The van der Waals surface area contributed by atoms with E-state index in [2.05, 4.69) is 5.32 Å². The third-order valence-electron chi connectivity index (χ3n) is 1.86. The highest BCUT2D eigenvalue weighted by atomic mass is 19.1. The van der Waals surface area contributed by atoms with Gasteiger partial charge in [-0.25, -0.2) is 4.39 Å². The van der Waals surface area contributed by atoms with Crippen molar-refractivity contribution in [3.63, 3.8) is 0 Å². The molecule has 0 aromatic heterocycles. The van der Waals surface area contributed by atoms with E-state index in [-0.39, 0.29) is 11.9 Å². The SMILES string of the molecule is CNC(CN)c1ccccc1F. The van der Waals surface area contributed by atoms with Crippen LogP contribution in [0.15, 0.2) is 24.3 Å². The van der Waals surface area contributed by atoms with Crippen molar-refractivity contribution < 1.29 is 4.39 Å². The van der Waals surface area contributed by atoms with Crippen LogP contribution in [0.5, 0.6) is 0 Å². The molecule has 1 atom stereocenters. The Kier molecular flexibility index (Phi) is 3.19. The van der Waals surface area contributed by atoms with E-state index < -0.39 is 0 Å². The number of hydrogen-bond acceptors (Lipinski definition) is 2. The molecule has 0 saturated heterocycles. The van der Waals surface area contributed by atoms with Crippen LogP contribution in [-0.2, 0) is 0 Å². The fourth-order valence-electron chi connectivity index (χ4n) is 1.16. The van der Waals surface area contributed by atoms with Gasteiger partial charge in [0.15, 0.2) is 0 Å². The maximum Gasteiger partial charge on any atom is 0.128 e. The summed E-state index contributed by atoms with van der Waals surface area (Å²) >= 11 is 0. The summed E-state index contributed by atoms with van der Waals surface area (Å²) in [5.74, 6) is -0.206. The lowest BCUT2D eigenvalue weighted by molar-refractivity contribution is 0.542. The lowest BCUT2D eigenvalue weighted by Gasteiger charge is -2.14. The zero-order valence-electron chi connectivity index (χ0n) is 7.05. The highest BCUT2D eigenvalue weighted by Gasteiger charge is 2.10. The summed E-state index contributed by atoms with van der Waals surface area (Å²) in [6.45, 7) is 0.400. The minimum Gasteiger partial charge on any atom is -0.329 e. The molecule has 66 valence electrons. The molecule has 1 aromatic rings. The van der Waals surface area contributed by atoms with Crippen LogP contribution >= 0.6 is 0 Å². The Labute approximate surface area is 71.6 Å². The zero-order valence-corrected chi connectivity index (χ0v) is 7.05. The van der Waals surface area contributed by atoms with E-state index in [4.69, 9.17) is 5.73 Å². The van der Waals surface area contributed by atoms with Crippen molar-refractivity contribution in [1.29, 1.82) is 0 Å². The normalized spacial score (nSPS) is 12.9. The van der Waals surface area contributed by atoms with Crippen molar-refractivity contribution in [1.82, 2.24) is 5.32 Å². The van der Waals surface area contributed by atoms with E-state index in [1.54, 1.807) is 25.2 Å². The van der Waals surface area contributed by atoms with Crippen molar-refractivity contribution in [2.45, 2.75) is 6.04 Å². The molecular weight excluding hydrogens is 155 g/mol. The fourth-order valence-corrected chi connectivity index (χ4v) is 1.16. The number of halogens is 1. The van der Waals surface area contributed by atoms with Crippen molar-refractivity contribution in [3.8, 4) is 0 Å². The van der Waals surface area contributed by atoms with Gasteiger partial charge in [-0.3, -0.25) is 0 Å². The molecule has 0 radical (unpaired) electrons. The Hall–Kier alpha value is -0.930. The number of rotatable bonds is 3. The maximum atomic E-state index is 13.1. The van der Waals surface area contributed by atoms with Gasteiger partial charge < -0.3 is 11.1 Å². The molecule has 0 saturated carbocycles. The molecule has 0 aliphatic rings. The van der Waals surface area contributed by atoms with Crippen molar-refractivity contribution in [2.75, 3.05) is 13.6 Å². The first-order valence-corrected chi connectivity index (χ1v) is 3.91. The van der Waals surface area contributed by atoms with Gasteiger partial charge >= 0.3 is 0 Å². The molecule has 0 aliphatic heterocycles. The number of nitrogens with one attached hydrogen (secondary N) is 1. The molecule has 3 heteroatoms. The lowest BCUT2D eigenvalue weighted by Crippen LogP contribution is -2.25. The second-order valence-corrected chi connectivity index (χ2v) is 2.60. The molecule has 0 spiro atoms. The number of likely N-dealkylation sites (N-methyl/N-ethyl adjacent to an activating group) is 1. The minimum atomic E-state index is -0.206. The summed E-state index contributed by atoms with van der Waals surface area (Å²) in [7, 11) is 1.77. The fraction of sp³-hybridized carbons (Fsp3) is 0.333. The molecule has 0 fully saturated rings. The zero-order chi connectivity index (χ0) is 8.97. The number of nitrogens with two attached hydrogens (primary N) is 1. The highest BCUT2D eigenvalue weighted by molar-refractivity contribution is 5.21. The van der Waals surface area contributed by atoms with Gasteiger partial charge in [0.1, 0.15) is 5.82 Å². The standard InChI is InChI=1S/C9H13FN2/c1-12-9(6-11)7-4-2-3-5-8(7)10/h2-5,9,12H,6,11H2,1H3. The van der Waals surface area contributed by atoms with Crippen molar-refractivity contribution in [2.24, 2.45) is 5.73 Å². The Bertz CT molecular complexity index is 246. The first kappa shape index (κ1) is 9.16. The summed E-state index contributed by atoms with van der Waals surface area (Å²) in [4.78, 5) is 0. The number of hydrogen-bond donors (Lipinski definition) is 2. The summed E-state index contributed by atoms with van der Waals surface area (Å²) in [6.07, 6.45) is 0. The van der Waals surface area contributed by atoms with Gasteiger partial charge in [-0.1, -0.05) is 18.2 Å². The van der Waals surface area contributed by atoms with Gasteiger partial charge in [0, 0.05) is 18.2 Å². The van der Waals surface area contributed by atoms with Gasteiger partial charge in [0.2, 0.25) is 0 Å². The highest BCUT2D eigenvalue weighted by Crippen LogP contribution is 2.14. The molecule has 0 bridgehead atoms. The van der Waals surface area contributed by atoms with Crippen LogP contribution in [0.1, 0.15) is 11.6 Å². The molecule has 3 N–H and O–H groups in total. The van der Waals surface area contributed by atoms with Crippen LogP contribution in [0, 0.1) is 5.82 Å². The van der Waals surface area contributed by atoms with Crippen LogP contribution in [0.4, 0.5) is 4.39 Å². The molecule has 0 amide bonds. The summed E-state index contributed by atoms with van der Waals surface area (Å²) in [6, 6.07) is 6.56. The Morgan fingerprint density at radius 3 is 2.67 bits per heavy atom. The van der Waals surface area contributed by atoms with Gasteiger partial charge in [0.25, 0.3) is 0 Å². The lowest BCUT2D eigenvalue weighted by atomic mass is 10.1. The Balaban J connectivity index is 2.92. The van der Waals surface area contributed by atoms with E-state index in [0.717, 1.165) is 0 Å². The Morgan fingerprint density at radius 1 is 1.50 bits per heavy atom. The predicted octanol–water partition coefficient (Wildman–Crippen LogP) is 1.04. The van der Waals surface area contributed by atoms with Gasteiger partial charge in [-0.15, -0.1) is 0 Å². The summed E-state index contributed by atoms with van der Waals surface area (Å²) < 4.78 is 13.1. The third kappa shape index (κ3) is 1.81. The average Bonchev–Trinajstić information content (AvgIpc) is 2.10. The summed E-state index contributed by atoms with van der Waals surface area (Å²) in [5.41, 5.74) is 6.08. The smallest absolute Gasteiger partial charge is 0.128 e. The van der Waals surface area contributed by atoms with Gasteiger partial charge in [0.05, 0.1) is 0 Å². The van der Waals surface area contributed by atoms with E-state index >= 15 is 0 Å². The molecule has 12 heavy (non-hydrogen) atoms. The molecule has 0 aliphatic carbocycles. The summed E-state index contributed by atoms with van der Waals surface area (Å²) in [5, 5.41) is 2.94. The van der Waals surface area contributed by atoms with Crippen LogP contribution in [0.25, 0.3) is 0 Å². The molecule has 2 nitrogen and oxygen atoms in total. The Morgan fingerprint density at radius 2 is 2.17 bits per heavy atom. The van der Waals surface area contributed by atoms with Gasteiger partial charge in [-0.05, 0) is 13.1 Å². The third-order valence-corrected chi connectivity index (χ3v) is 1.86. The second kappa shape index (κ2) is 4.18. The first-order chi connectivity index (χ1) is 5.79. The van der Waals surface area contributed by atoms with E-state index in [9.17, 15) is 4.39 Å². The van der Waals surface area contributed by atoms with Crippen LogP contribution in [-0.4, -0.2) is 13.6 Å². The van der Waals surface area contributed by atoms with Crippen LogP contribution < -0.4 is 11.1 Å². The topological polar surface area (TPSA) is 38.0 Å². The molecule has 1 rings (SSSR count). The minimum absolute atomic E-state index is 0.0915. The van der Waals surface area contributed by atoms with Crippen molar-refractivity contribution >= 4 is 0 Å². The largest absolute Gasteiger partial charge is 0.329 e. The quantitative estimate of drug-likeness (QED) is 0.707. The van der Waals surface area contributed by atoms with E-state index in [0.29, 0.717) is 12.1 Å². The van der Waals surface area contributed by atoms with Crippen LogP contribution in [0.3, 0.4) is 0 Å². The predicted molar refractivity (Wildman–Crippen MR) is 47.3 cm³/mol. The van der Waals surface area contributed by atoms with Crippen LogP contribution in [0.2, 0.25) is 0 Å². The molecule has 1 aromatic carbocycles. The molecular formula is C9H13FN2. The van der Waals surface area contributed by atoms with Crippen molar-refractivity contribution in [3.05, 3.63) is 35.6 Å². The molecule has 1 unspecified atom stereocenters. The second-order valence-electron chi connectivity index (χ2n) is 2.60.